The number of nitrogens with zero attached hydrogens (tertiary/aromatic N) is 3. The van der Waals surface area contributed by atoms with Crippen LogP contribution >= 0.6 is 0 Å². The molecule has 1 atom stereocenters. The van der Waals surface area contributed by atoms with Gasteiger partial charge in [0.1, 0.15) is 0 Å². The molecule has 2 rings (SSSR count). The average molecular weight is 232 g/mol. The van der Waals surface area contributed by atoms with Crippen LogP contribution in [0.5, 0.6) is 0 Å². The van der Waals surface area contributed by atoms with Crippen molar-refractivity contribution in [3.8, 4) is 11.8 Å². The number of rotatable bonds is 2. The van der Waals surface area contributed by atoms with Gasteiger partial charge in [0.05, 0.1) is 0 Å². The Morgan fingerprint density at radius 3 is 3.12 bits per heavy atom. The molecule has 1 N–H and O–H groups in total. The Morgan fingerprint density at radius 1 is 1.65 bits per heavy atom. The molecule has 1 aliphatic heterocycles. The van der Waals surface area contributed by atoms with Crippen LogP contribution in [-0.4, -0.2) is 34.8 Å². The van der Waals surface area contributed by atoms with E-state index < -0.39 is 0 Å². The molecule has 1 saturated heterocycles. The standard InChI is InChI=1S/C12H16N4O/c1-3-4-12(17)13-10-5-8-16(9-10)11-6-7-15(2)14-11/h6-7,10H,5,8-9H2,1-2H3,(H,13,17). The summed E-state index contributed by atoms with van der Waals surface area (Å²) in [5.74, 6) is 5.86. The molecule has 17 heavy (non-hydrogen) atoms. The number of hydrogen-bond donors (Lipinski definition) is 1. The Kier molecular flexibility index (Phi) is 3.33. The van der Waals surface area contributed by atoms with Crippen molar-refractivity contribution in [2.75, 3.05) is 18.0 Å². The third kappa shape index (κ3) is 2.78. The van der Waals surface area contributed by atoms with Gasteiger partial charge in [-0.25, -0.2) is 0 Å². The fraction of sp³-hybridized carbons (Fsp3) is 0.500. The van der Waals surface area contributed by atoms with E-state index in [4.69, 9.17) is 0 Å². The summed E-state index contributed by atoms with van der Waals surface area (Å²) in [5.41, 5.74) is 0. The Morgan fingerprint density at radius 2 is 2.47 bits per heavy atom. The van der Waals surface area contributed by atoms with Crippen LogP contribution in [-0.2, 0) is 11.8 Å². The number of carbonyl (C=O) groups excluding carboxylic acids is 1. The molecular formula is C12H16N4O. The van der Waals surface area contributed by atoms with Gasteiger partial charge in [-0.3, -0.25) is 9.48 Å². The number of aryl methyl sites for hydroxylation is 1. The van der Waals surface area contributed by atoms with Crippen LogP contribution in [0.3, 0.4) is 0 Å². The SMILES string of the molecule is CC#CC(=O)NC1CCN(c2ccn(C)n2)C1. The largest absolute Gasteiger partial charge is 0.353 e. The molecule has 0 radical (unpaired) electrons. The Hall–Kier alpha value is -1.96. The lowest BCUT2D eigenvalue weighted by atomic mass is 10.2. The summed E-state index contributed by atoms with van der Waals surface area (Å²) >= 11 is 0. The topological polar surface area (TPSA) is 50.2 Å². The molecule has 0 aliphatic carbocycles. The molecule has 1 fully saturated rings. The maximum absolute atomic E-state index is 11.3. The van der Waals surface area contributed by atoms with Gasteiger partial charge in [-0.1, -0.05) is 5.92 Å². The van der Waals surface area contributed by atoms with Gasteiger partial charge in [0, 0.05) is 38.4 Å². The van der Waals surface area contributed by atoms with E-state index in [1.54, 1.807) is 11.6 Å². The molecule has 90 valence electrons. The third-order valence-corrected chi connectivity index (χ3v) is 2.79. The van der Waals surface area contributed by atoms with E-state index in [2.05, 4.69) is 27.2 Å². The lowest BCUT2D eigenvalue weighted by Gasteiger charge is -2.15. The first kappa shape index (κ1) is 11.5. The molecule has 5 nitrogen and oxygen atoms in total. The summed E-state index contributed by atoms with van der Waals surface area (Å²) in [7, 11) is 1.90. The molecule has 1 unspecified atom stereocenters. The predicted molar refractivity (Wildman–Crippen MR) is 65.4 cm³/mol. The zero-order valence-electron chi connectivity index (χ0n) is 10.1. The molecule has 0 saturated carbocycles. The van der Waals surface area contributed by atoms with Crippen molar-refractivity contribution < 1.29 is 4.79 Å². The second-order valence-electron chi connectivity index (χ2n) is 4.13. The van der Waals surface area contributed by atoms with E-state index in [1.165, 1.54) is 0 Å². The molecule has 0 spiro atoms. The molecule has 5 heteroatoms. The second-order valence-corrected chi connectivity index (χ2v) is 4.13. The maximum Gasteiger partial charge on any atom is 0.296 e. The van der Waals surface area contributed by atoms with Crippen LogP contribution in [0.4, 0.5) is 5.82 Å². The molecule has 2 heterocycles. The molecule has 0 bridgehead atoms. The highest BCUT2D eigenvalue weighted by molar-refractivity contribution is 5.93. The Balaban J connectivity index is 1.91. The van der Waals surface area contributed by atoms with Gasteiger partial charge in [0.25, 0.3) is 5.91 Å². The summed E-state index contributed by atoms with van der Waals surface area (Å²) in [6.45, 7) is 3.38. The zero-order chi connectivity index (χ0) is 12.3. The molecule has 1 amide bonds. The van der Waals surface area contributed by atoms with Crippen LogP contribution in [0.25, 0.3) is 0 Å². The van der Waals surface area contributed by atoms with Crippen molar-refractivity contribution in [3.05, 3.63) is 12.3 Å². The highest BCUT2D eigenvalue weighted by atomic mass is 16.1. The monoisotopic (exact) mass is 232 g/mol. The summed E-state index contributed by atoms with van der Waals surface area (Å²) in [6.07, 6.45) is 2.86. The Labute approximate surface area is 101 Å². The summed E-state index contributed by atoms with van der Waals surface area (Å²) in [5, 5.41) is 7.24. The first-order chi connectivity index (χ1) is 8.19. The Bertz CT molecular complexity index is 468. The lowest BCUT2D eigenvalue weighted by molar-refractivity contribution is -0.116. The van der Waals surface area contributed by atoms with Crippen molar-refractivity contribution in [1.29, 1.82) is 0 Å². The number of anilines is 1. The predicted octanol–water partition coefficient (Wildman–Crippen LogP) is 0.138. The van der Waals surface area contributed by atoms with Crippen molar-refractivity contribution in [3.63, 3.8) is 0 Å². The van der Waals surface area contributed by atoms with Crippen LogP contribution in [0.2, 0.25) is 0 Å². The van der Waals surface area contributed by atoms with Crippen LogP contribution in [0, 0.1) is 11.8 Å². The van der Waals surface area contributed by atoms with Gasteiger partial charge in [0.15, 0.2) is 5.82 Å². The maximum atomic E-state index is 11.3. The number of nitrogens with one attached hydrogen (secondary N) is 1. The minimum atomic E-state index is -0.194. The highest BCUT2D eigenvalue weighted by Gasteiger charge is 2.24. The molecule has 1 aromatic rings. The first-order valence-electron chi connectivity index (χ1n) is 5.67. The van der Waals surface area contributed by atoms with Gasteiger partial charge in [0.2, 0.25) is 0 Å². The second kappa shape index (κ2) is 4.91. The van der Waals surface area contributed by atoms with E-state index >= 15 is 0 Å². The van der Waals surface area contributed by atoms with Crippen molar-refractivity contribution in [2.45, 2.75) is 19.4 Å². The number of carbonyl (C=O) groups is 1. The summed E-state index contributed by atoms with van der Waals surface area (Å²) in [6, 6.07) is 2.15. The van der Waals surface area contributed by atoms with Gasteiger partial charge < -0.3 is 10.2 Å². The van der Waals surface area contributed by atoms with Gasteiger partial charge >= 0.3 is 0 Å². The van der Waals surface area contributed by atoms with Crippen LogP contribution in [0.15, 0.2) is 12.3 Å². The normalized spacial score (nSPS) is 18.7. The van der Waals surface area contributed by atoms with Crippen LogP contribution in [0.1, 0.15) is 13.3 Å². The van der Waals surface area contributed by atoms with Gasteiger partial charge in [-0.05, 0) is 19.3 Å². The number of amides is 1. The minimum Gasteiger partial charge on any atom is -0.353 e. The van der Waals surface area contributed by atoms with Gasteiger partial charge in [-0.2, -0.15) is 5.10 Å². The quantitative estimate of drug-likeness (QED) is 0.738. The molecule has 0 aromatic carbocycles. The third-order valence-electron chi connectivity index (χ3n) is 2.79. The van der Waals surface area contributed by atoms with E-state index in [9.17, 15) is 4.79 Å². The molecule has 1 aliphatic rings. The number of hydrogen-bond acceptors (Lipinski definition) is 3. The number of aromatic nitrogens is 2. The average Bonchev–Trinajstić information content (AvgIpc) is 2.87. The minimum absolute atomic E-state index is 0.172. The molecular weight excluding hydrogens is 216 g/mol. The van der Waals surface area contributed by atoms with Crippen LogP contribution < -0.4 is 10.2 Å². The molecule has 1 aromatic heterocycles. The van der Waals surface area contributed by atoms with Gasteiger partial charge in [-0.15, -0.1) is 0 Å². The van der Waals surface area contributed by atoms with E-state index in [0.29, 0.717) is 0 Å². The van der Waals surface area contributed by atoms with Crippen molar-refractivity contribution in [1.82, 2.24) is 15.1 Å². The first-order valence-corrected chi connectivity index (χ1v) is 5.67. The highest BCUT2D eigenvalue weighted by Crippen LogP contribution is 2.17. The van der Waals surface area contributed by atoms with E-state index in [1.807, 2.05) is 19.3 Å². The fourth-order valence-corrected chi connectivity index (χ4v) is 1.99. The zero-order valence-corrected chi connectivity index (χ0v) is 10.1. The summed E-state index contributed by atoms with van der Waals surface area (Å²) < 4.78 is 1.78. The van der Waals surface area contributed by atoms with E-state index in [-0.39, 0.29) is 11.9 Å². The van der Waals surface area contributed by atoms with E-state index in [0.717, 1.165) is 25.3 Å². The van der Waals surface area contributed by atoms with Crippen molar-refractivity contribution >= 4 is 11.7 Å². The smallest absolute Gasteiger partial charge is 0.296 e. The summed E-state index contributed by atoms with van der Waals surface area (Å²) in [4.78, 5) is 13.5. The van der Waals surface area contributed by atoms with Crippen molar-refractivity contribution in [2.24, 2.45) is 7.05 Å². The fourth-order valence-electron chi connectivity index (χ4n) is 1.99. The lowest BCUT2D eigenvalue weighted by Crippen LogP contribution is -2.36.